The molecule has 1 saturated heterocycles. The van der Waals surface area contributed by atoms with Crippen LogP contribution in [0.25, 0.3) is 11.4 Å². The number of nitrogens with zero attached hydrogens (tertiary/aromatic N) is 5. The molecule has 0 aromatic carbocycles. The molecule has 5 atom stereocenters. The van der Waals surface area contributed by atoms with Crippen LogP contribution in [0.3, 0.4) is 0 Å². The second-order valence-electron chi connectivity index (χ2n) is 6.73. The molecule has 4 heterocycles. The third-order valence-corrected chi connectivity index (χ3v) is 6.61. The molecule has 0 radical (unpaired) electrons. The standard InChI is InChI=1S/C19H20N6O4S2/c1-3-10-4-11(6-21-5-10)31-18-17(28-2)15(16(27)14(8-26)29-18)25-7-12(23-24-25)13-9-30-19(20)22-13/h1,4-7,9,14-18,26-27H,8H2,2H3,(H2,20,22)/t14?,15-,16-,17?,18+/m0/s1. The number of hydrogen-bond acceptors (Lipinski definition) is 11. The molecule has 3 aromatic rings. The van der Waals surface area contributed by atoms with Gasteiger partial charge in [-0.25, -0.2) is 9.67 Å². The molecule has 2 unspecified atom stereocenters. The number of anilines is 1. The number of methoxy groups -OCH3 is 1. The predicted octanol–water partition coefficient (Wildman–Crippen LogP) is 0.787. The molecule has 162 valence electrons. The highest BCUT2D eigenvalue weighted by molar-refractivity contribution is 7.99. The Morgan fingerprint density at radius 1 is 1.42 bits per heavy atom. The van der Waals surface area contributed by atoms with Crippen molar-refractivity contribution >= 4 is 28.2 Å². The van der Waals surface area contributed by atoms with Crippen LogP contribution in [0.4, 0.5) is 5.13 Å². The summed E-state index contributed by atoms with van der Waals surface area (Å²) in [6.07, 6.45) is 7.83. The van der Waals surface area contributed by atoms with Gasteiger partial charge in [0.1, 0.15) is 41.2 Å². The van der Waals surface area contributed by atoms with E-state index in [9.17, 15) is 10.2 Å². The Bertz CT molecular complexity index is 1080. The van der Waals surface area contributed by atoms with Crippen LogP contribution < -0.4 is 5.73 Å². The summed E-state index contributed by atoms with van der Waals surface area (Å²) < 4.78 is 13.2. The van der Waals surface area contributed by atoms with Crippen molar-refractivity contribution in [3.8, 4) is 23.7 Å². The van der Waals surface area contributed by atoms with Gasteiger partial charge in [0, 0.05) is 35.3 Å². The Balaban J connectivity index is 1.65. The van der Waals surface area contributed by atoms with E-state index in [1.54, 1.807) is 24.0 Å². The molecule has 1 aliphatic heterocycles. The average Bonchev–Trinajstić information content (AvgIpc) is 3.43. The minimum Gasteiger partial charge on any atom is -0.394 e. The number of thiazole rings is 1. The quantitative estimate of drug-likeness (QED) is 0.452. The fraction of sp³-hybridized carbons (Fsp3) is 0.368. The van der Waals surface area contributed by atoms with Crippen LogP contribution in [-0.2, 0) is 9.47 Å². The van der Waals surface area contributed by atoms with Gasteiger partial charge in [0.15, 0.2) is 5.13 Å². The number of rotatable bonds is 6. The molecule has 0 saturated carbocycles. The van der Waals surface area contributed by atoms with Crippen LogP contribution in [0.1, 0.15) is 11.6 Å². The highest BCUT2D eigenvalue weighted by Crippen LogP contribution is 2.39. The van der Waals surface area contributed by atoms with E-state index >= 15 is 0 Å². The van der Waals surface area contributed by atoms with Crippen LogP contribution in [0.2, 0.25) is 0 Å². The number of nitrogens with two attached hydrogens (primary N) is 1. The summed E-state index contributed by atoms with van der Waals surface area (Å²) in [5.74, 6) is 2.55. The number of hydrogen-bond donors (Lipinski definition) is 3. The molecule has 10 nitrogen and oxygen atoms in total. The maximum Gasteiger partial charge on any atom is 0.180 e. The number of nitrogen functional groups attached to an aromatic ring is 1. The van der Waals surface area contributed by atoms with Gasteiger partial charge >= 0.3 is 0 Å². The molecular formula is C19H20N6O4S2. The minimum atomic E-state index is -1.09. The fourth-order valence-electron chi connectivity index (χ4n) is 3.35. The van der Waals surface area contributed by atoms with Crippen LogP contribution in [0.15, 0.2) is 34.9 Å². The number of ether oxygens (including phenoxy) is 2. The second kappa shape index (κ2) is 9.31. The first-order chi connectivity index (χ1) is 15.0. The summed E-state index contributed by atoms with van der Waals surface area (Å²) in [6.45, 7) is -0.377. The first-order valence-electron chi connectivity index (χ1n) is 9.22. The highest BCUT2D eigenvalue weighted by Gasteiger charge is 2.47. The number of aliphatic hydroxyl groups excluding tert-OH is 2. The first-order valence-corrected chi connectivity index (χ1v) is 11.0. The normalized spacial score (nSPS) is 25.9. The van der Waals surface area contributed by atoms with E-state index in [4.69, 9.17) is 21.6 Å². The Morgan fingerprint density at radius 2 is 2.26 bits per heavy atom. The van der Waals surface area contributed by atoms with Crippen molar-refractivity contribution in [1.29, 1.82) is 0 Å². The lowest BCUT2D eigenvalue weighted by atomic mass is 9.97. The average molecular weight is 461 g/mol. The zero-order valence-electron chi connectivity index (χ0n) is 16.4. The van der Waals surface area contributed by atoms with Crippen molar-refractivity contribution in [2.24, 2.45) is 0 Å². The van der Waals surface area contributed by atoms with E-state index in [-0.39, 0.29) is 6.61 Å². The van der Waals surface area contributed by atoms with Crippen molar-refractivity contribution in [3.05, 3.63) is 35.6 Å². The lowest BCUT2D eigenvalue weighted by Gasteiger charge is -2.43. The number of aliphatic hydroxyl groups is 2. The van der Waals surface area contributed by atoms with E-state index in [1.807, 2.05) is 6.07 Å². The summed E-state index contributed by atoms with van der Waals surface area (Å²) in [6, 6.07) is 1.14. The third-order valence-electron chi connectivity index (χ3n) is 4.83. The smallest absolute Gasteiger partial charge is 0.180 e. The number of thioether (sulfide) groups is 1. The molecule has 4 N–H and O–H groups in total. The van der Waals surface area contributed by atoms with Crippen molar-refractivity contribution in [2.75, 3.05) is 19.5 Å². The number of pyridine rings is 1. The summed E-state index contributed by atoms with van der Waals surface area (Å²) in [4.78, 5) is 9.12. The molecule has 12 heteroatoms. The molecule has 1 aliphatic rings. The Labute approximate surface area is 186 Å². The van der Waals surface area contributed by atoms with Crippen molar-refractivity contribution < 1.29 is 19.7 Å². The zero-order chi connectivity index (χ0) is 22.0. The van der Waals surface area contributed by atoms with Gasteiger partial charge in [0.05, 0.1) is 12.8 Å². The molecule has 1 fully saturated rings. The molecule has 0 amide bonds. The van der Waals surface area contributed by atoms with E-state index in [0.29, 0.717) is 22.1 Å². The highest BCUT2D eigenvalue weighted by atomic mass is 32.2. The largest absolute Gasteiger partial charge is 0.394 e. The van der Waals surface area contributed by atoms with Crippen LogP contribution >= 0.6 is 23.1 Å². The molecule has 3 aromatic heterocycles. The van der Waals surface area contributed by atoms with Gasteiger partial charge in [-0.05, 0) is 6.07 Å². The van der Waals surface area contributed by atoms with E-state index in [0.717, 1.165) is 4.90 Å². The maximum absolute atomic E-state index is 10.9. The summed E-state index contributed by atoms with van der Waals surface area (Å²) in [5.41, 5.74) is 6.86. The SMILES string of the molecule is C#Cc1cncc(S[C@H]2OC(CO)[C@H](O)[C@H](n3cc(-c4csc(N)n4)nn3)C2OC)c1. The molecular weight excluding hydrogens is 440 g/mol. The number of aromatic nitrogens is 5. The summed E-state index contributed by atoms with van der Waals surface area (Å²) in [7, 11) is 1.52. The fourth-order valence-corrected chi connectivity index (χ4v) is 5.10. The van der Waals surface area contributed by atoms with Gasteiger partial charge in [-0.2, -0.15) is 0 Å². The third kappa shape index (κ3) is 4.42. The van der Waals surface area contributed by atoms with Gasteiger partial charge < -0.3 is 25.4 Å². The Morgan fingerprint density at radius 3 is 2.94 bits per heavy atom. The van der Waals surface area contributed by atoms with Crippen LogP contribution in [0.5, 0.6) is 0 Å². The van der Waals surface area contributed by atoms with E-state index < -0.39 is 29.8 Å². The zero-order valence-corrected chi connectivity index (χ0v) is 18.0. The van der Waals surface area contributed by atoms with Crippen molar-refractivity contribution in [2.45, 2.75) is 34.7 Å². The maximum atomic E-state index is 10.9. The summed E-state index contributed by atoms with van der Waals surface area (Å²) >= 11 is 2.63. The lowest BCUT2D eigenvalue weighted by molar-refractivity contribution is -0.186. The van der Waals surface area contributed by atoms with Crippen LogP contribution in [0, 0.1) is 12.3 Å². The van der Waals surface area contributed by atoms with Gasteiger partial charge in [0.2, 0.25) is 0 Å². The molecule has 0 bridgehead atoms. The van der Waals surface area contributed by atoms with E-state index in [1.165, 1.54) is 34.9 Å². The van der Waals surface area contributed by atoms with Gasteiger partial charge in [0.25, 0.3) is 0 Å². The topological polar surface area (TPSA) is 141 Å². The first kappa shape index (κ1) is 21.7. The second-order valence-corrected chi connectivity index (χ2v) is 8.79. The summed E-state index contributed by atoms with van der Waals surface area (Å²) in [5, 5.41) is 31.2. The Kier molecular flexibility index (Phi) is 6.51. The molecule has 31 heavy (non-hydrogen) atoms. The van der Waals surface area contributed by atoms with E-state index in [2.05, 4.69) is 26.2 Å². The monoisotopic (exact) mass is 460 g/mol. The predicted molar refractivity (Wildman–Crippen MR) is 115 cm³/mol. The van der Waals surface area contributed by atoms with Crippen LogP contribution in [-0.4, -0.2) is 72.6 Å². The van der Waals surface area contributed by atoms with Gasteiger partial charge in [-0.3, -0.25) is 4.98 Å². The lowest BCUT2D eigenvalue weighted by Crippen LogP contribution is -2.55. The van der Waals surface area contributed by atoms with Gasteiger partial charge in [-0.15, -0.1) is 22.9 Å². The van der Waals surface area contributed by atoms with Crippen molar-refractivity contribution in [3.63, 3.8) is 0 Å². The molecule has 0 aliphatic carbocycles. The molecule has 0 spiro atoms. The Hall–Kier alpha value is -2.53. The van der Waals surface area contributed by atoms with Crippen molar-refractivity contribution in [1.82, 2.24) is 25.0 Å². The number of terminal acetylenes is 1. The van der Waals surface area contributed by atoms with Gasteiger partial charge in [-0.1, -0.05) is 22.9 Å². The molecule has 4 rings (SSSR count). The minimum absolute atomic E-state index is 0.377.